The second kappa shape index (κ2) is 3.26. The Labute approximate surface area is 88.2 Å². The van der Waals surface area contributed by atoms with Crippen LogP contribution in [0.1, 0.15) is 26.6 Å². The molecule has 1 aromatic carbocycles. The first-order chi connectivity index (χ1) is 6.98. The van der Waals surface area contributed by atoms with Crippen LogP contribution in [0.15, 0.2) is 24.3 Å². The minimum absolute atomic E-state index is 0.231. The average molecular weight is 204 g/mol. The molecule has 0 saturated carbocycles. The quantitative estimate of drug-likeness (QED) is 0.616. The van der Waals surface area contributed by atoms with E-state index in [9.17, 15) is 4.39 Å². The van der Waals surface area contributed by atoms with Crippen LogP contribution in [0.5, 0.6) is 0 Å². The molecule has 78 valence electrons. The molecule has 0 bridgehead atoms. The normalized spacial score (nSPS) is 12.0. The molecule has 15 heavy (non-hydrogen) atoms. The predicted octanol–water partition coefficient (Wildman–Crippen LogP) is 3.07. The lowest BCUT2D eigenvalue weighted by molar-refractivity contribution is 0.512. The maximum Gasteiger partial charge on any atom is 0.224 e. The van der Waals surface area contributed by atoms with E-state index in [0.29, 0.717) is 16.7 Å². The number of aromatic nitrogens is 2. The summed E-state index contributed by atoms with van der Waals surface area (Å²) in [6.45, 7) is 5.91. The molecule has 1 aromatic heterocycles. The van der Waals surface area contributed by atoms with Crippen molar-refractivity contribution in [2.24, 2.45) is 0 Å². The van der Waals surface area contributed by atoms with Crippen molar-refractivity contribution in [3.63, 3.8) is 0 Å². The summed E-state index contributed by atoms with van der Waals surface area (Å²) >= 11 is 0. The maximum absolute atomic E-state index is 13.6. The number of halogens is 1. The highest BCUT2D eigenvalue weighted by Crippen LogP contribution is 2.22. The van der Waals surface area contributed by atoms with Crippen LogP contribution in [0, 0.1) is 5.95 Å². The number of hydrogen-bond acceptors (Lipinski definition) is 2. The van der Waals surface area contributed by atoms with Crippen molar-refractivity contribution in [1.29, 1.82) is 0 Å². The van der Waals surface area contributed by atoms with Gasteiger partial charge in [-0.2, -0.15) is 4.39 Å². The molecule has 2 aromatic rings. The van der Waals surface area contributed by atoms with E-state index in [2.05, 4.69) is 9.97 Å². The number of fused-ring (bicyclic) bond motifs is 1. The molecular weight excluding hydrogens is 191 g/mol. The van der Waals surface area contributed by atoms with Crippen LogP contribution < -0.4 is 0 Å². The topological polar surface area (TPSA) is 25.8 Å². The molecule has 2 nitrogen and oxygen atoms in total. The van der Waals surface area contributed by atoms with Crippen molar-refractivity contribution in [3.8, 4) is 0 Å². The lowest BCUT2D eigenvalue weighted by Gasteiger charge is -2.16. The molecule has 0 saturated heterocycles. The minimum atomic E-state index is -0.439. The van der Waals surface area contributed by atoms with Gasteiger partial charge in [0.05, 0.1) is 10.9 Å². The third kappa shape index (κ3) is 1.82. The Hall–Kier alpha value is -1.51. The lowest BCUT2D eigenvalue weighted by atomic mass is 9.95. The fraction of sp³-hybridized carbons (Fsp3) is 0.333. The van der Waals surface area contributed by atoms with Crippen molar-refractivity contribution in [2.45, 2.75) is 26.2 Å². The predicted molar refractivity (Wildman–Crippen MR) is 58.2 cm³/mol. The molecule has 0 unspecified atom stereocenters. The smallest absolute Gasteiger partial charge is 0.224 e. The zero-order valence-electron chi connectivity index (χ0n) is 9.08. The van der Waals surface area contributed by atoms with Gasteiger partial charge in [0, 0.05) is 5.41 Å². The van der Waals surface area contributed by atoms with Crippen LogP contribution in [0.4, 0.5) is 4.39 Å². The first-order valence-corrected chi connectivity index (χ1v) is 4.91. The molecule has 0 aliphatic heterocycles. The Balaban J connectivity index is 2.73. The van der Waals surface area contributed by atoms with E-state index in [4.69, 9.17) is 0 Å². The molecular formula is C12H13FN2. The second-order valence-corrected chi connectivity index (χ2v) is 4.61. The van der Waals surface area contributed by atoms with Crippen LogP contribution >= 0.6 is 0 Å². The fourth-order valence-electron chi connectivity index (χ4n) is 1.37. The number of para-hydroxylation sites is 1. The first kappa shape index (κ1) is 10.0. The summed E-state index contributed by atoms with van der Waals surface area (Å²) < 4.78 is 13.6. The van der Waals surface area contributed by atoms with Gasteiger partial charge < -0.3 is 0 Å². The van der Waals surface area contributed by atoms with E-state index < -0.39 is 5.95 Å². The monoisotopic (exact) mass is 204 g/mol. The molecule has 1 heterocycles. The van der Waals surface area contributed by atoms with Gasteiger partial charge in [0.25, 0.3) is 0 Å². The third-order valence-electron chi connectivity index (χ3n) is 2.23. The van der Waals surface area contributed by atoms with E-state index >= 15 is 0 Å². The summed E-state index contributed by atoms with van der Waals surface area (Å²) in [5.74, 6) is 0.101. The molecule has 3 heteroatoms. The summed E-state index contributed by atoms with van der Waals surface area (Å²) in [6.07, 6.45) is 0. The van der Waals surface area contributed by atoms with Crippen molar-refractivity contribution in [3.05, 3.63) is 36.0 Å². The Morgan fingerprint density at radius 1 is 1.07 bits per heavy atom. The minimum Gasteiger partial charge on any atom is -0.232 e. The molecule has 0 N–H and O–H groups in total. The fourth-order valence-corrected chi connectivity index (χ4v) is 1.37. The van der Waals surface area contributed by atoms with Gasteiger partial charge in [-0.05, 0) is 12.1 Å². The van der Waals surface area contributed by atoms with Gasteiger partial charge in [-0.1, -0.05) is 32.9 Å². The third-order valence-corrected chi connectivity index (χ3v) is 2.23. The number of hydrogen-bond donors (Lipinski definition) is 0. The standard InChI is InChI=1S/C12H13FN2/c1-12(2,3)11-14-9-7-5-4-6-8(9)10(13)15-11/h4-7H,1-3H3. The highest BCUT2D eigenvalue weighted by atomic mass is 19.1. The summed E-state index contributed by atoms with van der Waals surface area (Å²) in [5.41, 5.74) is 0.431. The molecule has 0 aliphatic carbocycles. The Morgan fingerprint density at radius 2 is 1.73 bits per heavy atom. The van der Waals surface area contributed by atoms with Gasteiger partial charge in [0.15, 0.2) is 0 Å². The van der Waals surface area contributed by atoms with Crippen LogP contribution in [-0.4, -0.2) is 9.97 Å². The van der Waals surface area contributed by atoms with Gasteiger partial charge in [-0.3, -0.25) is 0 Å². The van der Waals surface area contributed by atoms with Crippen LogP contribution in [0.25, 0.3) is 10.9 Å². The summed E-state index contributed by atoms with van der Waals surface area (Å²) in [5, 5.41) is 0.477. The largest absolute Gasteiger partial charge is 0.232 e. The molecule has 0 atom stereocenters. The van der Waals surface area contributed by atoms with Crippen molar-refractivity contribution in [1.82, 2.24) is 9.97 Å². The van der Waals surface area contributed by atoms with Gasteiger partial charge in [-0.25, -0.2) is 9.97 Å². The van der Waals surface area contributed by atoms with E-state index in [1.165, 1.54) is 0 Å². The lowest BCUT2D eigenvalue weighted by Crippen LogP contribution is -2.16. The summed E-state index contributed by atoms with van der Waals surface area (Å²) in [6, 6.07) is 7.12. The molecule has 2 rings (SSSR count). The van der Waals surface area contributed by atoms with Gasteiger partial charge in [0.1, 0.15) is 5.82 Å². The van der Waals surface area contributed by atoms with Gasteiger partial charge >= 0.3 is 0 Å². The van der Waals surface area contributed by atoms with E-state index in [1.807, 2.05) is 26.8 Å². The molecule has 0 radical (unpaired) electrons. The maximum atomic E-state index is 13.6. The van der Waals surface area contributed by atoms with Gasteiger partial charge in [-0.15, -0.1) is 0 Å². The van der Waals surface area contributed by atoms with Crippen molar-refractivity contribution < 1.29 is 4.39 Å². The first-order valence-electron chi connectivity index (χ1n) is 4.91. The Bertz CT molecular complexity index is 500. The highest BCUT2D eigenvalue weighted by molar-refractivity contribution is 5.78. The summed E-state index contributed by atoms with van der Waals surface area (Å²) in [4.78, 5) is 8.25. The Morgan fingerprint density at radius 3 is 2.40 bits per heavy atom. The zero-order chi connectivity index (χ0) is 11.1. The zero-order valence-corrected chi connectivity index (χ0v) is 9.08. The van der Waals surface area contributed by atoms with E-state index in [1.54, 1.807) is 18.2 Å². The van der Waals surface area contributed by atoms with Crippen LogP contribution in [0.3, 0.4) is 0 Å². The summed E-state index contributed by atoms with van der Waals surface area (Å²) in [7, 11) is 0. The molecule has 0 spiro atoms. The van der Waals surface area contributed by atoms with Crippen LogP contribution in [-0.2, 0) is 5.41 Å². The Kier molecular flexibility index (Phi) is 2.18. The highest BCUT2D eigenvalue weighted by Gasteiger charge is 2.19. The van der Waals surface area contributed by atoms with Crippen molar-refractivity contribution in [2.75, 3.05) is 0 Å². The van der Waals surface area contributed by atoms with Crippen LogP contribution in [0.2, 0.25) is 0 Å². The second-order valence-electron chi connectivity index (χ2n) is 4.61. The molecule has 0 amide bonds. The van der Waals surface area contributed by atoms with E-state index in [-0.39, 0.29) is 5.41 Å². The molecule has 0 fully saturated rings. The SMILES string of the molecule is CC(C)(C)c1nc(F)c2ccccc2n1. The number of rotatable bonds is 0. The van der Waals surface area contributed by atoms with E-state index in [0.717, 1.165) is 0 Å². The van der Waals surface area contributed by atoms with Gasteiger partial charge in [0.2, 0.25) is 5.95 Å². The average Bonchev–Trinajstić information content (AvgIpc) is 2.16. The molecule has 0 aliphatic rings. The number of nitrogens with zero attached hydrogens (tertiary/aromatic N) is 2. The van der Waals surface area contributed by atoms with Crippen molar-refractivity contribution >= 4 is 10.9 Å². The number of benzene rings is 1.